The van der Waals surface area contributed by atoms with E-state index in [9.17, 15) is 0 Å². The van der Waals surface area contributed by atoms with E-state index in [1.54, 1.807) is 11.3 Å². The molecule has 0 amide bonds. The second-order valence-corrected chi connectivity index (χ2v) is 6.74. The van der Waals surface area contributed by atoms with Crippen LogP contribution in [0.15, 0.2) is 33.6 Å². The van der Waals surface area contributed by atoms with Gasteiger partial charge in [-0.1, -0.05) is 26.8 Å². The fourth-order valence-corrected chi connectivity index (χ4v) is 2.58. The average Bonchev–Trinajstić information content (AvgIpc) is 2.79. The molecular formula is C14H16BrNOS. The highest BCUT2D eigenvalue weighted by molar-refractivity contribution is 9.10. The second-order valence-electron chi connectivity index (χ2n) is 5.16. The first-order valence-corrected chi connectivity index (χ1v) is 7.50. The predicted octanol–water partition coefficient (Wildman–Crippen LogP) is 4.78. The van der Waals surface area contributed by atoms with Crippen LogP contribution in [0.25, 0.3) is 0 Å². The van der Waals surface area contributed by atoms with E-state index in [1.165, 1.54) is 5.56 Å². The maximum absolute atomic E-state index is 5.75. The molecule has 0 aliphatic heterocycles. The van der Waals surface area contributed by atoms with Crippen molar-refractivity contribution in [2.45, 2.75) is 32.8 Å². The average molecular weight is 326 g/mol. The maximum atomic E-state index is 5.75. The molecule has 2 nitrogen and oxygen atoms in total. The topological polar surface area (TPSA) is 22.1 Å². The number of hydrogen-bond acceptors (Lipinski definition) is 3. The lowest BCUT2D eigenvalue weighted by Gasteiger charge is -2.20. The Morgan fingerprint density at radius 2 is 2.11 bits per heavy atom. The largest absolute Gasteiger partial charge is 0.486 e. The number of halogens is 1. The van der Waals surface area contributed by atoms with Crippen molar-refractivity contribution in [3.8, 4) is 5.75 Å². The zero-order valence-corrected chi connectivity index (χ0v) is 13.1. The van der Waals surface area contributed by atoms with Crippen LogP contribution in [0.4, 0.5) is 0 Å². The Morgan fingerprint density at radius 1 is 1.33 bits per heavy atom. The highest BCUT2D eigenvalue weighted by atomic mass is 79.9. The van der Waals surface area contributed by atoms with E-state index in [2.05, 4.69) is 53.8 Å². The molecule has 0 saturated heterocycles. The molecule has 0 fully saturated rings. The third kappa shape index (κ3) is 3.33. The van der Waals surface area contributed by atoms with Crippen LogP contribution >= 0.6 is 27.3 Å². The van der Waals surface area contributed by atoms with Crippen LogP contribution in [-0.2, 0) is 12.0 Å². The zero-order chi connectivity index (χ0) is 13.2. The van der Waals surface area contributed by atoms with Crippen molar-refractivity contribution in [1.82, 2.24) is 4.98 Å². The highest BCUT2D eigenvalue weighted by Gasteiger charge is 2.15. The second kappa shape index (κ2) is 5.41. The summed E-state index contributed by atoms with van der Waals surface area (Å²) >= 11 is 5.14. The number of thiazole rings is 1. The van der Waals surface area contributed by atoms with E-state index in [4.69, 9.17) is 4.74 Å². The first-order valence-electron chi connectivity index (χ1n) is 5.77. The molecule has 0 atom stereocenters. The van der Waals surface area contributed by atoms with E-state index in [0.29, 0.717) is 6.61 Å². The molecule has 2 aromatic rings. The van der Waals surface area contributed by atoms with Crippen molar-refractivity contribution in [2.24, 2.45) is 0 Å². The summed E-state index contributed by atoms with van der Waals surface area (Å²) in [5.41, 5.74) is 4.22. The number of aromatic nitrogens is 1. The molecule has 18 heavy (non-hydrogen) atoms. The normalized spacial score (nSPS) is 11.6. The van der Waals surface area contributed by atoms with Gasteiger partial charge < -0.3 is 4.74 Å². The molecule has 1 aromatic carbocycles. The fourth-order valence-electron chi connectivity index (χ4n) is 1.54. The number of nitrogens with zero attached hydrogens (tertiary/aromatic N) is 1. The molecule has 0 N–H and O–H groups in total. The quantitative estimate of drug-likeness (QED) is 0.810. The summed E-state index contributed by atoms with van der Waals surface area (Å²) in [6.07, 6.45) is 0. The van der Waals surface area contributed by atoms with Crippen LogP contribution < -0.4 is 4.74 Å². The first kappa shape index (κ1) is 13.6. The smallest absolute Gasteiger partial charge is 0.134 e. The molecule has 1 aromatic heterocycles. The van der Waals surface area contributed by atoms with Gasteiger partial charge in [0.25, 0.3) is 0 Å². The Hall–Kier alpha value is -0.870. The third-order valence-corrected chi connectivity index (χ3v) is 3.91. The summed E-state index contributed by atoms with van der Waals surface area (Å²) in [5, 5.41) is 2.00. The van der Waals surface area contributed by atoms with Gasteiger partial charge in [0.1, 0.15) is 12.4 Å². The van der Waals surface area contributed by atoms with Crippen molar-refractivity contribution in [2.75, 3.05) is 0 Å². The van der Waals surface area contributed by atoms with Crippen LogP contribution in [0.1, 0.15) is 32.0 Å². The van der Waals surface area contributed by atoms with E-state index in [1.807, 2.05) is 17.0 Å². The number of rotatable bonds is 3. The number of ether oxygens (including phenoxy) is 1. The monoisotopic (exact) mass is 325 g/mol. The van der Waals surface area contributed by atoms with Crippen molar-refractivity contribution in [3.05, 3.63) is 44.8 Å². The molecule has 0 spiro atoms. The summed E-state index contributed by atoms with van der Waals surface area (Å²) in [5.74, 6) is 0.857. The molecule has 96 valence electrons. The van der Waals surface area contributed by atoms with E-state index >= 15 is 0 Å². The van der Waals surface area contributed by atoms with E-state index in [0.717, 1.165) is 15.9 Å². The Labute approximate surface area is 120 Å². The van der Waals surface area contributed by atoms with Crippen molar-refractivity contribution in [3.63, 3.8) is 0 Å². The molecule has 1 heterocycles. The molecule has 0 bridgehead atoms. The molecule has 0 unspecified atom stereocenters. The van der Waals surface area contributed by atoms with Crippen molar-refractivity contribution < 1.29 is 4.74 Å². The lowest BCUT2D eigenvalue weighted by molar-refractivity contribution is 0.300. The molecular weight excluding hydrogens is 310 g/mol. The standard InChI is InChI=1S/C14H16BrNOS/c1-14(2,3)10-4-5-13(12(15)6-10)17-7-11-8-18-9-16-11/h4-6,8-9H,7H2,1-3H3. The van der Waals surface area contributed by atoms with Crippen LogP contribution in [-0.4, -0.2) is 4.98 Å². The first-order chi connectivity index (χ1) is 8.47. The minimum Gasteiger partial charge on any atom is -0.486 e. The number of hydrogen-bond donors (Lipinski definition) is 0. The zero-order valence-electron chi connectivity index (χ0n) is 10.7. The Bertz CT molecular complexity index is 517. The SMILES string of the molecule is CC(C)(C)c1ccc(OCc2cscn2)c(Br)c1. The van der Waals surface area contributed by atoms with Gasteiger partial charge in [-0.15, -0.1) is 11.3 Å². The maximum Gasteiger partial charge on any atom is 0.134 e. The van der Waals surface area contributed by atoms with Gasteiger partial charge >= 0.3 is 0 Å². The van der Waals surface area contributed by atoms with Crippen LogP contribution in [0.2, 0.25) is 0 Å². The van der Waals surface area contributed by atoms with Gasteiger partial charge in [-0.3, -0.25) is 0 Å². The summed E-state index contributed by atoms with van der Waals surface area (Å²) in [4.78, 5) is 4.20. The van der Waals surface area contributed by atoms with E-state index < -0.39 is 0 Å². The summed E-state index contributed by atoms with van der Waals surface area (Å²) in [6, 6.07) is 6.24. The molecule has 2 rings (SSSR count). The van der Waals surface area contributed by atoms with E-state index in [-0.39, 0.29) is 5.41 Å². The molecule has 0 saturated carbocycles. The minimum atomic E-state index is 0.149. The van der Waals surface area contributed by atoms with Gasteiger partial charge in [0.2, 0.25) is 0 Å². The number of benzene rings is 1. The van der Waals surface area contributed by atoms with Crippen LogP contribution in [0, 0.1) is 0 Å². The molecule has 0 aliphatic carbocycles. The van der Waals surface area contributed by atoms with Crippen molar-refractivity contribution >= 4 is 27.3 Å². The van der Waals surface area contributed by atoms with Gasteiger partial charge in [0.05, 0.1) is 15.7 Å². The highest BCUT2D eigenvalue weighted by Crippen LogP contribution is 2.31. The van der Waals surface area contributed by atoms with Crippen LogP contribution in [0.3, 0.4) is 0 Å². The van der Waals surface area contributed by atoms with Gasteiger partial charge in [0, 0.05) is 5.38 Å². The molecule has 0 radical (unpaired) electrons. The van der Waals surface area contributed by atoms with Gasteiger partial charge in [0.15, 0.2) is 0 Å². The van der Waals surface area contributed by atoms with Gasteiger partial charge in [-0.25, -0.2) is 4.98 Å². The predicted molar refractivity (Wildman–Crippen MR) is 79.3 cm³/mol. The summed E-state index contributed by atoms with van der Waals surface area (Å²) in [7, 11) is 0. The summed E-state index contributed by atoms with van der Waals surface area (Å²) < 4.78 is 6.74. The van der Waals surface area contributed by atoms with Crippen molar-refractivity contribution in [1.29, 1.82) is 0 Å². The van der Waals surface area contributed by atoms with Gasteiger partial charge in [-0.05, 0) is 39.0 Å². The Morgan fingerprint density at radius 3 is 2.67 bits per heavy atom. The third-order valence-electron chi connectivity index (χ3n) is 2.66. The Kier molecular flexibility index (Phi) is 4.07. The molecule has 0 aliphatic rings. The minimum absolute atomic E-state index is 0.149. The fraction of sp³-hybridized carbons (Fsp3) is 0.357. The lowest BCUT2D eigenvalue weighted by atomic mass is 9.87. The van der Waals surface area contributed by atoms with Crippen LogP contribution in [0.5, 0.6) is 5.75 Å². The van der Waals surface area contributed by atoms with Gasteiger partial charge in [-0.2, -0.15) is 0 Å². The summed E-state index contributed by atoms with van der Waals surface area (Å²) in [6.45, 7) is 7.11. The molecule has 4 heteroatoms. The lowest BCUT2D eigenvalue weighted by Crippen LogP contribution is -2.11. The Balaban J connectivity index is 2.10.